The molecule has 0 fully saturated rings. The van der Waals surface area contributed by atoms with Crippen LogP contribution in [0.25, 0.3) is 0 Å². The van der Waals surface area contributed by atoms with Crippen molar-refractivity contribution in [1.29, 1.82) is 0 Å². The van der Waals surface area contributed by atoms with Crippen LogP contribution in [0, 0.1) is 0 Å². The molecular formula is C32H33N3O4S. The van der Waals surface area contributed by atoms with E-state index in [1.165, 1.54) is 0 Å². The highest BCUT2D eigenvalue weighted by Crippen LogP contribution is 2.38. The van der Waals surface area contributed by atoms with E-state index >= 15 is 0 Å². The number of carbonyl (C=O) groups excluding carboxylic acids is 2. The molecule has 4 aromatic rings. The van der Waals surface area contributed by atoms with Crippen molar-refractivity contribution in [3.63, 3.8) is 0 Å². The molecule has 7 nitrogen and oxygen atoms in total. The maximum Gasteiger partial charge on any atom is 0.251 e. The molecule has 40 heavy (non-hydrogen) atoms. The van der Waals surface area contributed by atoms with E-state index in [0.717, 1.165) is 45.7 Å². The minimum atomic E-state index is -0.229. The van der Waals surface area contributed by atoms with E-state index in [1.54, 1.807) is 31.4 Å². The number of nitrogens with zero attached hydrogens (tertiary/aromatic N) is 2. The van der Waals surface area contributed by atoms with Gasteiger partial charge in [0.05, 0.1) is 19.5 Å². The first-order valence-corrected chi connectivity index (χ1v) is 14.5. The normalized spacial score (nSPS) is 13.5. The Morgan fingerprint density at radius 2 is 1.90 bits per heavy atom. The van der Waals surface area contributed by atoms with Crippen LogP contribution < -0.4 is 10.1 Å². The van der Waals surface area contributed by atoms with Gasteiger partial charge in [-0.25, -0.2) is 4.98 Å². The minimum absolute atomic E-state index is 0.121. The van der Waals surface area contributed by atoms with Crippen LogP contribution in [-0.4, -0.2) is 41.5 Å². The second-order valence-electron chi connectivity index (χ2n) is 9.68. The van der Waals surface area contributed by atoms with Crippen LogP contribution in [0.4, 0.5) is 0 Å². The van der Waals surface area contributed by atoms with Crippen molar-refractivity contribution in [1.82, 2.24) is 14.9 Å². The number of methoxy groups -OCH3 is 1. The van der Waals surface area contributed by atoms with Gasteiger partial charge in [0, 0.05) is 59.8 Å². The summed E-state index contributed by atoms with van der Waals surface area (Å²) in [6, 6.07) is 21.7. The maximum atomic E-state index is 12.8. The smallest absolute Gasteiger partial charge is 0.251 e. The molecule has 1 atom stereocenters. The average molecular weight is 556 g/mol. The lowest BCUT2D eigenvalue weighted by Crippen LogP contribution is -2.26. The summed E-state index contributed by atoms with van der Waals surface area (Å²) in [6.45, 7) is 1.55. The van der Waals surface area contributed by atoms with Crippen molar-refractivity contribution in [3.8, 4) is 5.75 Å². The molecule has 1 aliphatic carbocycles. The van der Waals surface area contributed by atoms with E-state index in [1.807, 2.05) is 65.4 Å². The third-order valence-electron chi connectivity index (χ3n) is 6.99. The Labute approximate surface area is 238 Å². The van der Waals surface area contributed by atoms with Gasteiger partial charge in [-0.3, -0.25) is 9.59 Å². The van der Waals surface area contributed by atoms with Gasteiger partial charge < -0.3 is 19.4 Å². The Kier molecular flexibility index (Phi) is 9.31. The Morgan fingerprint density at radius 1 is 1.07 bits per heavy atom. The van der Waals surface area contributed by atoms with Crippen molar-refractivity contribution < 1.29 is 19.1 Å². The van der Waals surface area contributed by atoms with E-state index in [0.29, 0.717) is 37.4 Å². The minimum Gasteiger partial charge on any atom is -0.484 e. The van der Waals surface area contributed by atoms with Gasteiger partial charge in [0.15, 0.2) is 5.78 Å². The SMILES string of the molecule is COCCNC(=O)c1ccc(SCc2c(O[C@H](Cn3ccnc3)c3ccccc3)ccc3c2CCCC3=O)cc1. The van der Waals surface area contributed by atoms with E-state index in [4.69, 9.17) is 9.47 Å². The van der Waals surface area contributed by atoms with Crippen LogP contribution in [0.2, 0.25) is 0 Å². The van der Waals surface area contributed by atoms with Crippen LogP contribution in [0.15, 0.2) is 90.3 Å². The van der Waals surface area contributed by atoms with Crippen LogP contribution >= 0.6 is 11.8 Å². The fourth-order valence-electron chi connectivity index (χ4n) is 4.89. The zero-order valence-electron chi connectivity index (χ0n) is 22.5. The predicted molar refractivity (Wildman–Crippen MR) is 156 cm³/mol. The molecule has 0 saturated carbocycles. The first kappa shape index (κ1) is 27.7. The van der Waals surface area contributed by atoms with Gasteiger partial charge in [0.25, 0.3) is 5.91 Å². The number of nitrogens with one attached hydrogen (secondary N) is 1. The second kappa shape index (κ2) is 13.5. The van der Waals surface area contributed by atoms with Gasteiger partial charge >= 0.3 is 0 Å². The summed E-state index contributed by atoms with van der Waals surface area (Å²) >= 11 is 1.67. The number of aromatic nitrogens is 2. The topological polar surface area (TPSA) is 82.4 Å². The summed E-state index contributed by atoms with van der Waals surface area (Å²) < 4.78 is 13.8. The lowest BCUT2D eigenvalue weighted by molar-refractivity contribution is 0.0935. The highest BCUT2D eigenvalue weighted by atomic mass is 32.2. The Balaban J connectivity index is 1.39. The van der Waals surface area contributed by atoms with Gasteiger partial charge in [0.2, 0.25) is 0 Å². The van der Waals surface area contributed by atoms with Crippen LogP contribution in [-0.2, 0) is 23.5 Å². The first-order chi connectivity index (χ1) is 19.6. The molecule has 5 rings (SSSR count). The summed E-state index contributed by atoms with van der Waals surface area (Å²) in [5, 5.41) is 2.85. The number of benzene rings is 3. The molecule has 0 saturated heterocycles. The van der Waals surface area contributed by atoms with Crippen molar-refractivity contribution in [2.45, 2.75) is 42.6 Å². The van der Waals surface area contributed by atoms with E-state index in [2.05, 4.69) is 22.4 Å². The molecule has 1 amide bonds. The van der Waals surface area contributed by atoms with Gasteiger partial charge in [-0.2, -0.15) is 0 Å². The molecule has 206 valence electrons. The molecule has 0 unspecified atom stereocenters. The highest BCUT2D eigenvalue weighted by molar-refractivity contribution is 7.98. The molecular weight excluding hydrogens is 522 g/mol. The number of amides is 1. The lowest BCUT2D eigenvalue weighted by Gasteiger charge is -2.25. The fraction of sp³-hybridized carbons (Fsp3) is 0.281. The molecule has 1 aliphatic rings. The van der Waals surface area contributed by atoms with Crippen LogP contribution in [0.3, 0.4) is 0 Å². The molecule has 0 radical (unpaired) electrons. The number of Topliss-reactive ketones (excluding diaryl/α,β-unsaturated/α-hetero) is 1. The zero-order valence-corrected chi connectivity index (χ0v) is 23.4. The molecule has 3 aromatic carbocycles. The fourth-order valence-corrected chi connectivity index (χ4v) is 5.85. The summed E-state index contributed by atoms with van der Waals surface area (Å²) in [4.78, 5) is 30.4. The second-order valence-corrected chi connectivity index (χ2v) is 10.7. The number of fused-ring (bicyclic) bond motifs is 1. The van der Waals surface area contributed by atoms with Crippen molar-refractivity contribution in [2.24, 2.45) is 0 Å². The predicted octanol–water partition coefficient (Wildman–Crippen LogP) is 5.89. The quantitative estimate of drug-likeness (QED) is 0.173. The van der Waals surface area contributed by atoms with Crippen molar-refractivity contribution >= 4 is 23.5 Å². The standard InChI is InChI=1S/C32H33N3O4S/c1-38-19-17-34-32(37)24-10-12-25(13-11-24)40-21-28-26-8-5-9-29(36)27(26)14-15-30(28)39-31(20-35-18-16-33-22-35)23-6-3-2-4-7-23/h2-4,6-7,10-16,18,22,31H,5,8-9,17,19-21H2,1H3,(H,34,37)/t31-/m1/s1. The van der Waals surface area contributed by atoms with Gasteiger partial charge in [-0.15, -0.1) is 11.8 Å². The van der Waals surface area contributed by atoms with E-state index in [9.17, 15) is 9.59 Å². The third-order valence-corrected chi connectivity index (χ3v) is 8.03. The third kappa shape index (κ3) is 6.81. The van der Waals surface area contributed by atoms with Gasteiger partial charge in [-0.05, 0) is 60.4 Å². The summed E-state index contributed by atoms with van der Waals surface area (Å²) in [5.74, 6) is 1.52. The number of carbonyl (C=O) groups is 2. The number of hydrogen-bond acceptors (Lipinski definition) is 6. The van der Waals surface area contributed by atoms with Crippen molar-refractivity contribution in [3.05, 3.63) is 113 Å². The Hall–Kier alpha value is -3.88. The van der Waals surface area contributed by atoms with E-state index in [-0.39, 0.29) is 17.8 Å². The number of ether oxygens (including phenoxy) is 2. The average Bonchev–Trinajstić information content (AvgIpc) is 3.50. The maximum absolute atomic E-state index is 12.8. The number of thioether (sulfide) groups is 1. The number of hydrogen-bond donors (Lipinski definition) is 1. The summed E-state index contributed by atoms with van der Waals surface area (Å²) in [6.07, 6.45) is 7.55. The molecule has 1 N–H and O–H groups in total. The molecule has 0 aliphatic heterocycles. The largest absolute Gasteiger partial charge is 0.484 e. The number of ketones is 1. The Morgan fingerprint density at radius 3 is 2.65 bits per heavy atom. The van der Waals surface area contributed by atoms with Crippen molar-refractivity contribution in [2.75, 3.05) is 20.3 Å². The first-order valence-electron chi connectivity index (χ1n) is 13.5. The van der Waals surface area contributed by atoms with Gasteiger partial charge in [0.1, 0.15) is 11.9 Å². The van der Waals surface area contributed by atoms with Crippen LogP contribution in [0.5, 0.6) is 5.75 Å². The van der Waals surface area contributed by atoms with Gasteiger partial charge in [-0.1, -0.05) is 30.3 Å². The lowest BCUT2D eigenvalue weighted by atomic mass is 9.87. The molecule has 0 spiro atoms. The number of rotatable bonds is 12. The van der Waals surface area contributed by atoms with E-state index < -0.39 is 0 Å². The molecule has 0 bridgehead atoms. The molecule has 8 heteroatoms. The van der Waals surface area contributed by atoms with Crippen LogP contribution in [0.1, 0.15) is 56.4 Å². The summed E-state index contributed by atoms with van der Waals surface area (Å²) in [5.41, 5.74) is 4.64. The monoisotopic (exact) mass is 555 g/mol. The summed E-state index contributed by atoms with van der Waals surface area (Å²) in [7, 11) is 1.61. The number of imidazole rings is 1. The Bertz CT molecular complexity index is 1420. The zero-order chi connectivity index (χ0) is 27.7. The highest BCUT2D eigenvalue weighted by Gasteiger charge is 2.24. The molecule has 1 aromatic heterocycles. The molecule has 1 heterocycles.